The fourth-order valence-electron chi connectivity index (χ4n) is 4.27. The van der Waals surface area contributed by atoms with Crippen LogP contribution in [0.4, 0.5) is 5.82 Å². The zero-order chi connectivity index (χ0) is 30.0. The van der Waals surface area contributed by atoms with E-state index >= 15 is 0 Å². The molecule has 9 nitrogen and oxygen atoms in total. The van der Waals surface area contributed by atoms with Gasteiger partial charge in [0, 0.05) is 25.0 Å². The molecule has 2 aromatic heterocycles. The van der Waals surface area contributed by atoms with E-state index in [1.807, 2.05) is 0 Å². The highest BCUT2D eigenvalue weighted by atomic mass is 35.5. The number of hydrogen-bond donors (Lipinski definition) is 2. The summed E-state index contributed by atoms with van der Waals surface area (Å²) in [6.45, 7) is 7.06. The van der Waals surface area contributed by atoms with Gasteiger partial charge < -0.3 is 20.2 Å². The SMILES string of the molecule is C[Si](C)(C)CCOC(=O)c1ccc2[nH]c(C(=O)c3cnn(-c4ccc(Oc5cccc(C#N)c5)cc4Cl)c3N)cc2c1. The lowest BCUT2D eigenvalue weighted by Crippen LogP contribution is -2.22. The van der Waals surface area contributed by atoms with E-state index in [-0.39, 0.29) is 17.2 Å². The number of carbonyl (C=O) groups excluding carboxylic acids is 2. The number of benzene rings is 3. The highest BCUT2D eigenvalue weighted by Crippen LogP contribution is 2.31. The zero-order valence-electron chi connectivity index (χ0n) is 23.3. The van der Waals surface area contributed by atoms with Crippen LogP contribution < -0.4 is 10.5 Å². The lowest BCUT2D eigenvalue weighted by atomic mass is 10.1. The summed E-state index contributed by atoms with van der Waals surface area (Å²) in [5.41, 5.74) is 8.90. The lowest BCUT2D eigenvalue weighted by molar-refractivity contribution is 0.0525. The number of hydrogen-bond acceptors (Lipinski definition) is 7. The van der Waals surface area contributed by atoms with Gasteiger partial charge in [-0.05, 0) is 60.6 Å². The van der Waals surface area contributed by atoms with Crippen LogP contribution in [0.5, 0.6) is 11.5 Å². The van der Waals surface area contributed by atoms with Gasteiger partial charge in [-0.3, -0.25) is 4.79 Å². The summed E-state index contributed by atoms with van der Waals surface area (Å²) in [6, 6.07) is 21.5. The number of halogens is 1. The zero-order valence-corrected chi connectivity index (χ0v) is 25.0. The first-order chi connectivity index (χ1) is 20.0. The third-order valence-corrected chi connectivity index (χ3v) is 8.59. The minimum atomic E-state index is -1.32. The number of nitriles is 1. The summed E-state index contributed by atoms with van der Waals surface area (Å²) < 4.78 is 12.7. The average molecular weight is 598 g/mol. The van der Waals surface area contributed by atoms with E-state index in [4.69, 9.17) is 32.1 Å². The highest BCUT2D eigenvalue weighted by molar-refractivity contribution is 6.76. The summed E-state index contributed by atoms with van der Waals surface area (Å²) in [7, 11) is -1.32. The average Bonchev–Trinajstić information content (AvgIpc) is 3.55. The molecular weight excluding hydrogens is 570 g/mol. The van der Waals surface area contributed by atoms with Gasteiger partial charge in [-0.2, -0.15) is 10.4 Å². The van der Waals surface area contributed by atoms with Crippen molar-refractivity contribution in [2.24, 2.45) is 0 Å². The molecule has 0 bridgehead atoms. The van der Waals surface area contributed by atoms with Crippen molar-refractivity contribution in [3.05, 3.63) is 100 Å². The van der Waals surface area contributed by atoms with E-state index in [1.165, 1.54) is 10.9 Å². The summed E-state index contributed by atoms with van der Waals surface area (Å²) >= 11 is 6.54. The first-order valence-electron chi connectivity index (χ1n) is 13.2. The molecule has 0 amide bonds. The molecule has 0 saturated carbocycles. The third-order valence-electron chi connectivity index (χ3n) is 6.58. The Bertz CT molecular complexity index is 1870. The van der Waals surface area contributed by atoms with Crippen molar-refractivity contribution in [2.45, 2.75) is 25.7 Å². The maximum Gasteiger partial charge on any atom is 0.338 e. The number of H-pyrrole nitrogens is 1. The molecule has 42 heavy (non-hydrogen) atoms. The van der Waals surface area contributed by atoms with Crippen molar-refractivity contribution in [1.82, 2.24) is 14.8 Å². The number of rotatable bonds is 9. The van der Waals surface area contributed by atoms with E-state index in [0.29, 0.717) is 56.5 Å². The molecule has 3 N–H and O–H groups in total. The minimum Gasteiger partial charge on any atom is -0.462 e. The molecule has 11 heteroatoms. The number of nitrogen functional groups attached to an aromatic ring is 1. The Hall–Kier alpha value is -4.85. The van der Waals surface area contributed by atoms with E-state index in [0.717, 1.165) is 6.04 Å². The number of carbonyl (C=O) groups is 2. The number of anilines is 1. The Balaban J connectivity index is 1.33. The van der Waals surface area contributed by atoms with E-state index < -0.39 is 14.0 Å². The van der Waals surface area contributed by atoms with Crippen LogP contribution in [0.3, 0.4) is 0 Å². The van der Waals surface area contributed by atoms with Crippen molar-refractivity contribution in [1.29, 1.82) is 5.26 Å². The smallest absolute Gasteiger partial charge is 0.338 e. The lowest BCUT2D eigenvalue weighted by Gasteiger charge is -2.15. The number of aromatic amines is 1. The van der Waals surface area contributed by atoms with Crippen LogP contribution in [0.2, 0.25) is 30.7 Å². The first-order valence-corrected chi connectivity index (χ1v) is 17.3. The Morgan fingerprint density at radius 3 is 2.60 bits per heavy atom. The minimum absolute atomic E-state index is 0.114. The Morgan fingerprint density at radius 2 is 1.86 bits per heavy atom. The molecule has 2 heterocycles. The normalized spacial score (nSPS) is 11.3. The van der Waals surface area contributed by atoms with Gasteiger partial charge in [0.05, 0.1) is 52.0 Å². The van der Waals surface area contributed by atoms with Crippen LogP contribution in [0, 0.1) is 11.3 Å². The monoisotopic (exact) mass is 597 g/mol. The molecule has 3 aromatic carbocycles. The topological polar surface area (TPSA) is 136 Å². The second kappa shape index (κ2) is 11.6. The van der Waals surface area contributed by atoms with Gasteiger partial charge in [0.15, 0.2) is 0 Å². The number of esters is 1. The predicted molar refractivity (Wildman–Crippen MR) is 164 cm³/mol. The van der Waals surface area contributed by atoms with Gasteiger partial charge in [-0.1, -0.05) is 37.3 Å². The van der Waals surface area contributed by atoms with Crippen LogP contribution in [-0.4, -0.2) is 41.2 Å². The maximum absolute atomic E-state index is 13.4. The van der Waals surface area contributed by atoms with Crippen LogP contribution in [-0.2, 0) is 4.74 Å². The van der Waals surface area contributed by atoms with Crippen LogP contribution >= 0.6 is 11.6 Å². The van der Waals surface area contributed by atoms with Crippen molar-refractivity contribution >= 4 is 48.1 Å². The van der Waals surface area contributed by atoms with Crippen molar-refractivity contribution in [3.8, 4) is 23.3 Å². The summed E-state index contributed by atoms with van der Waals surface area (Å²) in [6.07, 6.45) is 1.39. The fraction of sp³-hybridized carbons (Fsp3) is 0.161. The molecule has 0 unspecified atom stereocenters. The number of nitrogens with one attached hydrogen (secondary N) is 1. The summed E-state index contributed by atoms with van der Waals surface area (Å²) in [5.74, 6) is 0.316. The number of ether oxygens (including phenoxy) is 2. The van der Waals surface area contributed by atoms with Crippen molar-refractivity contribution < 1.29 is 19.1 Å². The first kappa shape index (κ1) is 28.7. The molecule has 0 radical (unpaired) electrons. The standard InChI is InChI=1S/C31H28ClN5O4Si/c1-42(2,3)12-11-40-31(39)20-7-9-26-21(14-20)15-27(36-26)29(38)24-18-35-37(30(24)34)28-10-8-23(16-25(28)32)41-22-6-4-5-19(13-22)17-33/h4-10,13-16,18,36H,11-12,34H2,1-3H3. The fourth-order valence-corrected chi connectivity index (χ4v) is 5.24. The van der Waals surface area contributed by atoms with Gasteiger partial charge in [0.2, 0.25) is 5.78 Å². The number of aromatic nitrogens is 3. The Kier molecular flexibility index (Phi) is 7.89. The van der Waals surface area contributed by atoms with Gasteiger partial charge >= 0.3 is 5.97 Å². The van der Waals surface area contributed by atoms with Crippen molar-refractivity contribution in [3.63, 3.8) is 0 Å². The molecule has 212 valence electrons. The second-order valence-electron chi connectivity index (χ2n) is 11.0. The molecular formula is C31H28ClN5O4Si. The molecule has 0 aliphatic heterocycles. The number of nitrogens with zero attached hydrogens (tertiary/aromatic N) is 3. The van der Waals surface area contributed by atoms with Gasteiger partial charge in [0.1, 0.15) is 17.3 Å². The Morgan fingerprint density at radius 1 is 1.07 bits per heavy atom. The maximum atomic E-state index is 13.4. The van der Waals surface area contributed by atoms with Gasteiger partial charge in [-0.15, -0.1) is 0 Å². The predicted octanol–water partition coefficient (Wildman–Crippen LogP) is 6.98. The number of ketones is 1. The van der Waals surface area contributed by atoms with Crippen LogP contribution in [0.25, 0.3) is 16.6 Å². The van der Waals surface area contributed by atoms with Gasteiger partial charge in [0.25, 0.3) is 0 Å². The van der Waals surface area contributed by atoms with Crippen LogP contribution in [0.1, 0.15) is 32.0 Å². The second-order valence-corrected chi connectivity index (χ2v) is 17.0. The van der Waals surface area contributed by atoms with Crippen molar-refractivity contribution in [2.75, 3.05) is 12.3 Å². The summed E-state index contributed by atoms with van der Waals surface area (Å²) in [5, 5.41) is 14.4. The molecule has 0 spiro atoms. The third kappa shape index (κ3) is 6.22. The molecule has 0 saturated heterocycles. The molecule has 0 fully saturated rings. The number of fused-ring (bicyclic) bond motifs is 1. The molecule has 5 rings (SSSR count). The van der Waals surface area contributed by atoms with E-state index in [2.05, 4.69) is 35.8 Å². The largest absolute Gasteiger partial charge is 0.462 e. The Labute approximate surface area is 248 Å². The highest BCUT2D eigenvalue weighted by Gasteiger charge is 2.21. The molecule has 0 aliphatic carbocycles. The molecule has 5 aromatic rings. The molecule has 0 atom stereocenters. The van der Waals surface area contributed by atoms with Crippen LogP contribution in [0.15, 0.2) is 72.9 Å². The molecule has 0 aliphatic rings. The van der Waals surface area contributed by atoms with Gasteiger partial charge in [-0.25, -0.2) is 9.48 Å². The van der Waals surface area contributed by atoms with E-state index in [9.17, 15) is 9.59 Å². The van der Waals surface area contributed by atoms with E-state index in [1.54, 1.807) is 66.7 Å². The quantitative estimate of drug-likeness (QED) is 0.106. The summed E-state index contributed by atoms with van der Waals surface area (Å²) in [4.78, 5) is 29.0. The number of nitrogens with two attached hydrogens (primary N) is 1.